The minimum Gasteiger partial charge on any atom is -0.493 e. The molecule has 0 bridgehead atoms. The molecule has 23 heavy (non-hydrogen) atoms. The first kappa shape index (κ1) is 21.6. The van der Waals surface area contributed by atoms with Gasteiger partial charge in [-0.05, 0) is 30.0 Å². The molecule has 0 amide bonds. The molecule has 1 rings (SSSR count). The Labute approximate surface area is 156 Å². The summed E-state index contributed by atoms with van der Waals surface area (Å²) in [6.45, 7) is 9.32. The monoisotopic (exact) mass is 433 g/mol. The van der Waals surface area contributed by atoms with Gasteiger partial charge in [0.2, 0.25) is 0 Å². The molecule has 0 fully saturated rings. The fourth-order valence-corrected chi connectivity index (χ4v) is 2.05. The first-order chi connectivity index (χ1) is 10.5. The summed E-state index contributed by atoms with van der Waals surface area (Å²) in [5, 5.41) is 3.10. The number of halogens is 1. The maximum atomic E-state index is 5.86. The average Bonchev–Trinajstić information content (AvgIpc) is 2.50. The highest BCUT2D eigenvalue weighted by Crippen LogP contribution is 2.33. The third-order valence-electron chi connectivity index (χ3n) is 3.10. The van der Waals surface area contributed by atoms with E-state index in [-0.39, 0.29) is 24.0 Å². The molecule has 6 heteroatoms. The Kier molecular flexibility index (Phi) is 10.5. The van der Waals surface area contributed by atoms with Crippen LogP contribution in [0, 0.1) is 5.92 Å². The van der Waals surface area contributed by atoms with Gasteiger partial charge in [0.1, 0.15) is 0 Å². The van der Waals surface area contributed by atoms with Crippen molar-refractivity contribution >= 4 is 29.9 Å². The predicted molar refractivity (Wildman–Crippen MR) is 107 cm³/mol. The number of aliphatic imine (C=N–C) groups is 1. The van der Waals surface area contributed by atoms with Crippen LogP contribution in [0.15, 0.2) is 29.8 Å². The zero-order chi connectivity index (χ0) is 16.5. The van der Waals surface area contributed by atoms with E-state index < -0.39 is 0 Å². The van der Waals surface area contributed by atoms with Gasteiger partial charge in [0.05, 0.1) is 20.8 Å². The Hall–Kier alpha value is -1.44. The summed E-state index contributed by atoms with van der Waals surface area (Å²) >= 11 is 0. The Morgan fingerprint density at radius 3 is 2.57 bits per heavy atom. The molecule has 0 spiro atoms. The molecule has 3 N–H and O–H groups in total. The van der Waals surface area contributed by atoms with E-state index >= 15 is 0 Å². The van der Waals surface area contributed by atoms with Crippen LogP contribution in [0.4, 0.5) is 0 Å². The van der Waals surface area contributed by atoms with Crippen molar-refractivity contribution in [3.8, 4) is 11.5 Å². The second-order valence-electron chi connectivity index (χ2n) is 5.46. The molecular formula is C17H28IN3O2. The van der Waals surface area contributed by atoms with Gasteiger partial charge in [-0.2, -0.15) is 0 Å². The van der Waals surface area contributed by atoms with Crippen LogP contribution in [-0.4, -0.2) is 26.7 Å². The molecule has 1 aromatic rings. The van der Waals surface area contributed by atoms with Crippen molar-refractivity contribution in [3.63, 3.8) is 0 Å². The van der Waals surface area contributed by atoms with Gasteiger partial charge in [0.25, 0.3) is 0 Å². The summed E-state index contributed by atoms with van der Waals surface area (Å²) in [6, 6.07) is 3.97. The molecule has 130 valence electrons. The van der Waals surface area contributed by atoms with Crippen molar-refractivity contribution in [3.05, 3.63) is 35.9 Å². The van der Waals surface area contributed by atoms with Gasteiger partial charge in [0, 0.05) is 12.1 Å². The number of nitrogens with one attached hydrogen (secondary N) is 1. The SMILES string of the molecule is C=CCc1cc(CN=C(N)NCC(C)C)cc(OC)c1OC.I. The van der Waals surface area contributed by atoms with Gasteiger partial charge in [0.15, 0.2) is 17.5 Å². The highest BCUT2D eigenvalue weighted by molar-refractivity contribution is 14.0. The van der Waals surface area contributed by atoms with Gasteiger partial charge in [-0.3, -0.25) is 0 Å². The maximum absolute atomic E-state index is 5.86. The largest absolute Gasteiger partial charge is 0.493 e. The van der Waals surface area contributed by atoms with Crippen LogP contribution in [0.25, 0.3) is 0 Å². The van der Waals surface area contributed by atoms with E-state index in [1.807, 2.05) is 18.2 Å². The lowest BCUT2D eigenvalue weighted by Gasteiger charge is -2.14. The molecule has 0 aliphatic carbocycles. The quantitative estimate of drug-likeness (QED) is 0.286. The van der Waals surface area contributed by atoms with Gasteiger partial charge < -0.3 is 20.5 Å². The molecular weight excluding hydrogens is 405 g/mol. The molecule has 0 unspecified atom stereocenters. The molecule has 5 nitrogen and oxygen atoms in total. The second kappa shape index (κ2) is 11.2. The van der Waals surface area contributed by atoms with E-state index in [4.69, 9.17) is 15.2 Å². The van der Waals surface area contributed by atoms with E-state index in [2.05, 4.69) is 30.7 Å². The zero-order valence-corrected chi connectivity index (χ0v) is 16.7. The van der Waals surface area contributed by atoms with Crippen molar-refractivity contribution in [1.29, 1.82) is 0 Å². The summed E-state index contributed by atoms with van der Waals surface area (Å²) < 4.78 is 10.8. The van der Waals surface area contributed by atoms with Crippen molar-refractivity contribution in [2.24, 2.45) is 16.6 Å². The Morgan fingerprint density at radius 2 is 2.04 bits per heavy atom. The number of hydrogen-bond acceptors (Lipinski definition) is 3. The maximum Gasteiger partial charge on any atom is 0.188 e. The van der Waals surface area contributed by atoms with Crippen LogP contribution >= 0.6 is 24.0 Å². The van der Waals surface area contributed by atoms with Crippen molar-refractivity contribution in [2.45, 2.75) is 26.8 Å². The fraction of sp³-hybridized carbons (Fsp3) is 0.471. The zero-order valence-electron chi connectivity index (χ0n) is 14.4. The summed E-state index contributed by atoms with van der Waals surface area (Å²) in [5.74, 6) is 2.41. The minimum absolute atomic E-state index is 0. The fourth-order valence-electron chi connectivity index (χ4n) is 2.05. The number of allylic oxidation sites excluding steroid dienone is 1. The third-order valence-corrected chi connectivity index (χ3v) is 3.10. The molecule has 0 atom stereocenters. The molecule has 0 aromatic heterocycles. The summed E-state index contributed by atoms with van der Waals surface area (Å²) in [7, 11) is 3.26. The lowest BCUT2D eigenvalue weighted by atomic mass is 10.1. The third kappa shape index (κ3) is 7.11. The van der Waals surface area contributed by atoms with Crippen LogP contribution < -0.4 is 20.5 Å². The number of methoxy groups -OCH3 is 2. The lowest BCUT2D eigenvalue weighted by molar-refractivity contribution is 0.352. The molecule has 1 aromatic carbocycles. The molecule has 0 saturated carbocycles. The number of guanidine groups is 1. The Bertz CT molecular complexity index is 531. The van der Waals surface area contributed by atoms with Crippen LogP contribution in [-0.2, 0) is 13.0 Å². The van der Waals surface area contributed by atoms with Gasteiger partial charge in [-0.15, -0.1) is 30.6 Å². The number of rotatable bonds is 8. The van der Waals surface area contributed by atoms with E-state index in [1.54, 1.807) is 14.2 Å². The highest BCUT2D eigenvalue weighted by atomic mass is 127. The van der Waals surface area contributed by atoms with Crippen molar-refractivity contribution in [1.82, 2.24) is 5.32 Å². The molecule has 0 aliphatic heterocycles. The van der Waals surface area contributed by atoms with Crippen LogP contribution in [0.1, 0.15) is 25.0 Å². The smallest absolute Gasteiger partial charge is 0.188 e. The Balaban J connectivity index is 0.00000484. The van der Waals surface area contributed by atoms with Gasteiger partial charge >= 0.3 is 0 Å². The van der Waals surface area contributed by atoms with Crippen molar-refractivity contribution in [2.75, 3.05) is 20.8 Å². The number of benzene rings is 1. The summed E-state index contributed by atoms with van der Waals surface area (Å²) in [5.41, 5.74) is 7.90. The number of nitrogens with two attached hydrogens (primary N) is 1. The lowest BCUT2D eigenvalue weighted by Crippen LogP contribution is -2.34. The normalized spacial score (nSPS) is 10.9. The second-order valence-corrected chi connectivity index (χ2v) is 5.46. The van der Waals surface area contributed by atoms with E-state index in [0.717, 1.165) is 23.4 Å². The van der Waals surface area contributed by atoms with E-state index in [1.165, 1.54) is 0 Å². The van der Waals surface area contributed by atoms with Crippen LogP contribution in [0.5, 0.6) is 11.5 Å². The van der Waals surface area contributed by atoms with Crippen LogP contribution in [0.3, 0.4) is 0 Å². The molecule has 0 saturated heterocycles. The number of hydrogen-bond donors (Lipinski definition) is 2. The minimum atomic E-state index is 0. The summed E-state index contributed by atoms with van der Waals surface area (Å²) in [4.78, 5) is 4.36. The topological polar surface area (TPSA) is 68.9 Å². The number of ether oxygens (including phenoxy) is 2. The Morgan fingerprint density at radius 1 is 1.35 bits per heavy atom. The van der Waals surface area contributed by atoms with Crippen molar-refractivity contribution < 1.29 is 9.47 Å². The average molecular weight is 433 g/mol. The standard InChI is InChI=1S/C17H27N3O2.HI/c1-6-7-14-8-13(9-15(21-4)16(14)22-5)11-20-17(18)19-10-12(2)3;/h6,8-9,12H,1,7,10-11H2,2-5H3,(H3,18,19,20);1H. The molecule has 0 aliphatic rings. The van der Waals surface area contributed by atoms with E-state index in [9.17, 15) is 0 Å². The van der Waals surface area contributed by atoms with Crippen LogP contribution in [0.2, 0.25) is 0 Å². The van der Waals surface area contributed by atoms with Gasteiger partial charge in [-0.25, -0.2) is 4.99 Å². The predicted octanol–water partition coefficient (Wildman–Crippen LogP) is 3.11. The first-order valence-corrected chi connectivity index (χ1v) is 7.40. The first-order valence-electron chi connectivity index (χ1n) is 7.40. The molecule has 0 radical (unpaired) electrons. The number of nitrogens with zero attached hydrogens (tertiary/aromatic N) is 1. The van der Waals surface area contributed by atoms with E-state index in [0.29, 0.717) is 30.6 Å². The summed E-state index contributed by atoms with van der Waals surface area (Å²) in [6.07, 6.45) is 2.54. The molecule has 0 heterocycles. The highest BCUT2D eigenvalue weighted by Gasteiger charge is 2.11. The van der Waals surface area contributed by atoms with Gasteiger partial charge in [-0.1, -0.05) is 19.9 Å².